The molecule has 7 nitrogen and oxygen atoms in total. The molecule has 0 radical (unpaired) electrons. The van der Waals surface area contributed by atoms with Gasteiger partial charge >= 0.3 is 5.97 Å². The van der Waals surface area contributed by atoms with Crippen molar-refractivity contribution < 1.29 is 23.4 Å². The Balaban J connectivity index is 4.76. The molecule has 114 valence electrons. The van der Waals surface area contributed by atoms with Crippen LogP contribution in [0.15, 0.2) is 0 Å². The van der Waals surface area contributed by atoms with Crippen molar-refractivity contribution in [3.05, 3.63) is 0 Å². The minimum Gasteiger partial charge on any atom is -0.463 e. The van der Waals surface area contributed by atoms with Gasteiger partial charge in [0.1, 0.15) is 6.07 Å². The van der Waals surface area contributed by atoms with E-state index in [9.17, 15) is 19.4 Å². The molecule has 0 heterocycles. The summed E-state index contributed by atoms with van der Waals surface area (Å²) < 4.78 is 21.2. The van der Waals surface area contributed by atoms with E-state index in [1.54, 1.807) is 19.9 Å². The Morgan fingerprint density at radius 1 is 1.35 bits per heavy atom. The first-order chi connectivity index (χ1) is 9.41. The molecule has 0 saturated heterocycles. The smallest absolute Gasteiger partial charge is 0.346 e. The van der Waals surface area contributed by atoms with E-state index < -0.39 is 25.4 Å². The summed E-state index contributed by atoms with van der Waals surface area (Å²) in [4.78, 5) is 23.0. The van der Waals surface area contributed by atoms with Crippen molar-refractivity contribution in [1.82, 2.24) is 5.32 Å². The lowest BCUT2D eigenvalue weighted by atomic mass is 9.95. The highest BCUT2D eigenvalue weighted by Gasteiger charge is 2.40. The van der Waals surface area contributed by atoms with Crippen LogP contribution in [0.4, 0.5) is 0 Å². The van der Waals surface area contributed by atoms with Crippen molar-refractivity contribution in [2.45, 2.75) is 39.2 Å². The quantitative estimate of drug-likeness (QED) is 0.507. The second kappa shape index (κ2) is 9.51. The van der Waals surface area contributed by atoms with Gasteiger partial charge in [0, 0.05) is 13.1 Å². The van der Waals surface area contributed by atoms with Crippen LogP contribution in [0.3, 0.4) is 0 Å². The van der Waals surface area contributed by atoms with Crippen LogP contribution in [-0.2, 0) is 23.4 Å². The Morgan fingerprint density at radius 2 is 2.00 bits per heavy atom. The van der Waals surface area contributed by atoms with Gasteiger partial charge in [-0.2, -0.15) is 5.26 Å². The lowest BCUT2D eigenvalue weighted by Crippen LogP contribution is -2.53. The first kappa shape index (κ1) is 18.6. The molecular weight excluding hydrogens is 283 g/mol. The van der Waals surface area contributed by atoms with E-state index in [-0.39, 0.29) is 19.2 Å². The minimum absolute atomic E-state index is 0.0331. The molecule has 2 unspecified atom stereocenters. The van der Waals surface area contributed by atoms with Crippen LogP contribution >= 0.6 is 8.03 Å². The maximum absolute atomic E-state index is 11.9. The zero-order chi connectivity index (χ0) is 15.6. The molecule has 0 saturated carbocycles. The maximum Gasteiger partial charge on any atom is 0.346 e. The van der Waals surface area contributed by atoms with Crippen molar-refractivity contribution in [3.63, 3.8) is 0 Å². The molecule has 0 fully saturated rings. The number of esters is 1. The first-order valence-corrected chi connectivity index (χ1v) is 7.97. The highest BCUT2D eigenvalue weighted by atomic mass is 31.1. The van der Waals surface area contributed by atoms with E-state index in [4.69, 9.17) is 9.26 Å². The van der Waals surface area contributed by atoms with Crippen LogP contribution in [0.2, 0.25) is 0 Å². The van der Waals surface area contributed by atoms with E-state index in [2.05, 4.69) is 5.32 Å². The lowest BCUT2D eigenvalue weighted by Gasteiger charge is -2.24. The monoisotopic (exact) mass is 304 g/mol. The number of hydrogen-bond acceptors (Lipinski definition) is 6. The predicted octanol–water partition coefficient (Wildman–Crippen LogP) is 1.24. The van der Waals surface area contributed by atoms with E-state index in [0.717, 1.165) is 0 Å². The topological polar surface area (TPSA) is 105 Å². The summed E-state index contributed by atoms with van der Waals surface area (Å²) in [7, 11) is -2.16. The number of hydrogen-bond donors (Lipinski definition) is 1. The van der Waals surface area contributed by atoms with E-state index in [1.165, 1.54) is 6.92 Å². The molecule has 1 N–H and O–H groups in total. The molecule has 0 aromatic carbocycles. The summed E-state index contributed by atoms with van der Waals surface area (Å²) in [5.41, 5.74) is -1.73. The molecule has 0 aromatic rings. The molecule has 0 aliphatic heterocycles. The van der Waals surface area contributed by atoms with Crippen molar-refractivity contribution in [2.75, 3.05) is 19.4 Å². The SMILES string of the molecule is CCOC(=O)C(C#N)(CCC[PH](=O)OCC)NC(C)=O. The van der Waals surface area contributed by atoms with Gasteiger partial charge in [0.2, 0.25) is 11.4 Å². The van der Waals surface area contributed by atoms with Crippen LogP contribution in [0, 0.1) is 11.3 Å². The third-order valence-corrected chi connectivity index (χ3v) is 3.81. The molecule has 0 bridgehead atoms. The fourth-order valence-corrected chi connectivity index (χ4v) is 2.56. The van der Waals surface area contributed by atoms with Crippen LogP contribution < -0.4 is 5.32 Å². The molecule has 20 heavy (non-hydrogen) atoms. The van der Waals surface area contributed by atoms with Crippen molar-refractivity contribution >= 4 is 19.9 Å². The number of nitriles is 1. The largest absolute Gasteiger partial charge is 0.463 e. The third kappa shape index (κ3) is 6.18. The van der Waals surface area contributed by atoms with E-state index >= 15 is 0 Å². The summed E-state index contributed by atoms with van der Waals surface area (Å²) in [5, 5.41) is 11.6. The predicted molar refractivity (Wildman–Crippen MR) is 73.5 cm³/mol. The van der Waals surface area contributed by atoms with Gasteiger partial charge in [-0.05, 0) is 26.7 Å². The van der Waals surface area contributed by atoms with Gasteiger partial charge in [-0.3, -0.25) is 9.36 Å². The Bertz CT molecular complexity index is 407. The fourth-order valence-electron chi connectivity index (χ4n) is 1.63. The van der Waals surface area contributed by atoms with Crippen LogP contribution in [0.25, 0.3) is 0 Å². The highest BCUT2D eigenvalue weighted by molar-refractivity contribution is 7.39. The molecule has 0 aliphatic rings. The zero-order valence-electron chi connectivity index (χ0n) is 12.0. The van der Waals surface area contributed by atoms with Crippen molar-refractivity contribution in [2.24, 2.45) is 0 Å². The number of carbonyl (C=O) groups is 2. The minimum atomic E-state index is -2.16. The number of carbonyl (C=O) groups excluding carboxylic acids is 2. The third-order valence-electron chi connectivity index (χ3n) is 2.44. The van der Waals surface area contributed by atoms with Crippen molar-refractivity contribution in [1.29, 1.82) is 5.26 Å². The fraction of sp³-hybridized carbons (Fsp3) is 0.750. The van der Waals surface area contributed by atoms with E-state index in [1.807, 2.05) is 0 Å². The van der Waals surface area contributed by atoms with Gasteiger partial charge in [-0.15, -0.1) is 0 Å². The van der Waals surface area contributed by atoms with Gasteiger partial charge in [-0.1, -0.05) is 0 Å². The van der Waals surface area contributed by atoms with Gasteiger partial charge in [0.15, 0.2) is 8.03 Å². The highest BCUT2D eigenvalue weighted by Crippen LogP contribution is 2.26. The average molecular weight is 304 g/mol. The summed E-state index contributed by atoms with van der Waals surface area (Å²) in [6, 6.07) is 1.80. The second-order valence-corrected chi connectivity index (χ2v) is 5.61. The summed E-state index contributed by atoms with van der Waals surface area (Å²) in [6.45, 7) is 5.02. The molecule has 8 heteroatoms. The molecule has 0 aliphatic carbocycles. The maximum atomic E-state index is 11.9. The molecule has 2 atom stereocenters. The summed E-state index contributed by atoms with van der Waals surface area (Å²) >= 11 is 0. The average Bonchev–Trinajstić information content (AvgIpc) is 2.37. The van der Waals surface area contributed by atoms with Gasteiger partial charge in [0.05, 0.1) is 13.2 Å². The van der Waals surface area contributed by atoms with Crippen LogP contribution in [-0.4, -0.2) is 36.8 Å². The standard InChI is InChI=1S/C12H21N2O5P/c1-4-18-11(16)12(9-13,14-10(3)15)7-6-8-20(17)19-5-2/h20H,4-8H2,1-3H3,(H,14,15). The van der Waals surface area contributed by atoms with Gasteiger partial charge in [-0.25, -0.2) is 4.79 Å². The second-order valence-electron chi connectivity index (χ2n) is 4.08. The molecule has 0 rings (SSSR count). The van der Waals surface area contributed by atoms with Crippen LogP contribution in [0.1, 0.15) is 33.6 Å². The molecule has 1 amide bonds. The summed E-state index contributed by atoms with van der Waals surface area (Å²) in [6.07, 6.45) is 0.594. The van der Waals surface area contributed by atoms with Crippen LogP contribution in [0.5, 0.6) is 0 Å². The zero-order valence-corrected chi connectivity index (χ0v) is 13.0. The van der Waals surface area contributed by atoms with E-state index in [0.29, 0.717) is 13.0 Å². The Morgan fingerprint density at radius 3 is 2.45 bits per heavy atom. The number of nitrogens with zero attached hydrogens (tertiary/aromatic N) is 1. The number of rotatable bonds is 9. The number of amides is 1. The Labute approximate surface area is 119 Å². The van der Waals surface area contributed by atoms with Crippen molar-refractivity contribution in [3.8, 4) is 6.07 Å². The summed E-state index contributed by atoms with van der Waals surface area (Å²) in [5.74, 6) is -1.30. The molecular formula is C12H21N2O5P. The molecule has 0 aromatic heterocycles. The normalized spacial score (nSPS) is 14.7. The molecule has 0 spiro atoms. The number of ether oxygens (including phenoxy) is 1. The lowest BCUT2D eigenvalue weighted by molar-refractivity contribution is -0.150. The van der Waals surface area contributed by atoms with Gasteiger partial charge < -0.3 is 14.6 Å². The Hall–Kier alpha value is -1.38. The number of nitrogens with one attached hydrogen (secondary N) is 1. The Kier molecular flexibility index (Phi) is 8.86. The van der Waals surface area contributed by atoms with Gasteiger partial charge in [0.25, 0.3) is 0 Å². The first-order valence-electron chi connectivity index (χ1n) is 6.44.